The highest BCUT2D eigenvalue weighted by Gasteiger charge is 2.30. The molecule has 5 atom stereocenters. The number of phosphoric acid groups is 2. The number of carbonyl (C=O) groups excluding carboxylic acids is 4. The largest absolute Gasteiger partial charge is 0.472 e. The number of hydrogen-bond donors (Lipinski definition) is 3. The number of esters is 4. The van der Waals surface area contributed by atoms with Crippen LogP contribution in [0.1, 0.15) is 413 Å². The van der Waals surface area contributed by atoms with Gasteiger partial charge in [-0.15, -0.1) is 0 Å². The molecule has 97 heavy (non-hydrogen) atoms. The van der Waals surface area contributed by atoms with Crippen molar-refractivity contribution in [3.63, 3.8) is 0 Å². The molecule has 17 nitrogen and oxygen atoms in total. The van der Waals surface area contributed by atoms with Crippen LogP contribution < -0.4 is 0 Å². The van der Waals surface area contributed by atoms with Crippen molar-refractivity contribution in [2.75, 3.05) is 39.6 Å². The molecule has 0 amide bonds. The monoisotopic (exact) mass is 1420 g/mol. The predicted molar refractivity (Wildman–Crippen MR) is 395 cm³/mol. The second-order valence-corrected chi connectivity index (χ2v) is 31.5. The number of ether oxygens (including phenoxy) is 4. The predicted octanol–water partition coefficient (Wildman–Crippen LogP) is 23.3. The van der Waals surface area contributed by atoms with Gasteiger partial charge in [0, 0.05) is 25.7 Å². The van der Waals surface area contributed by atoms with Gasteiger partial charge in [0.2, 0.25) is 0 Å². The van der Waals surface area contributed by atoms with E-state index >= 15 is 0 Å². The van der Waals surface area contributed by atoms with Crippen molar-refractivity contribution in [3.05, 3.63) is 0 Å². The van der Waals surface area contributed by atoms with Crippen molar-refractivity contribution < 1.29 is 80.2 Å². The van der Waals surface area contributed by atoms with Crippen LogP contribution in [0.25, 0.3) is 0 Å². The molecule has 0 bridgehead atoms. The van der Waals surface area contributed by atoms with E-state index < -0.39 is 97.5 Å². The van der Waals surface area contributed by atoms with Crippen LogP contribution >= 0.6 is 15.6 Å². The quantitative estimate of drug-likeness (QED) is 0.0222. The molecule has 0 heterocycles. The van der Waals surface area contributed by atoms with E-state index in [0.717, 1.165) is 102 Å². The van der Waals surface area contributed by atoms with E-state index in [-0.39, 0.29) is 25.7 Å². The van der Waals surface area contributed by atoms with E-state index in [1.165, 1.54) is 231 Å². The summed E-state index contributed by atoms with van der Waals surface area (Å²) in [5.41, 5.74) is 0. The summed E-state index contributed by atoms with van der Waals surface area (Å²) < 4.78 is 68.5. The maximum absolute atomic E-state index is 13.1. The average Bonchev–Trinajstić information content (AvgIpc) is 1.61. The first-order chi connectivity index (χ1) is 47.0. The Kier molecular flexibility index (Phi) is 69.6. The van der Waals surface area contributed by atoms with Crippen molar-refractivity contribution in [3.8, 4) is 0 Å². The van der Waals surface area contributed by atoms with Gasteiger partial charge in [-0.25, -0.2) is 9.13 Å². The minimum Gasteiger partial charge on any atom is -0.462 e. The van der Waals surface area contributed by atoms with Crippen LogP contribution in [0.2, 0.25) is 0 Å². The first kappa shape index (κ1) is 95.1. The number of hydrogen-bond acceptors (Lipinski definition) is 15. The minimum atomic E-state index is -4.96. The lowest BCUT2D eigenvalue weighted by atomic mass is 10.0. The number of aliphatic hydroxyl groups excluding tert-OH is 1. The van der Waals surface area contributed by atoms with Gasteiger partial charge in [-0.05, 0) is 31.6 Å². The minimum absolute atomic E-state index is 0.108. The molecule has 0 fully saturated rings. The van der Waals surface area contributed by atoms with Crippen LogP contribution in [-0.4, -0.2) is 96.7 Å². The van der Waals surface area contributed by atoms with E-state index in [0.29, 0.717) is 25.7 Å². The molecule has 19 heteroatoms. The summed E-state index contributed by atoms with van der Waals surface area (Å²) in [5.74, 6) is -1.30. The van der Waals surface area contributed by atoms with Gasteiger partial charge in [-0.3, -0.25) is 37.3 Å². The third kappa shape index (κ3) is 72.2. The van der Waals surface area contributed by atoms with E-state index in [9.17, 15) is 43.2 Å². The van der Waals surface area contributed by atoms with Crippen molar-refractivity contribution in [2.45, 2.75) is 432 Å². The highest BCUT2D eigenvalue weighted by atomic mass is 31.2. The summed E-state index contributed by atoms with van der Waals surface area (Å²) in [7, 11) is -9.91. The standard InChI is InChI=1S/C78H152O17P2/c1-6-9-12-15-18-21-23-25-26-27-31-35-38-42-47-52-57-62-76(81)89-68-74(95-78(83)64-59-54-49-44-40-36-32-29-28-30-34-37-41-45-50-55-60-71(4)5)70-93-97(86,87)91-66-72(79)65-90-96(84,85)92-69-73(67-88-75(80)61-56-51-46-20-17-14-11-8-3)94-77(82)63-58-53-48-43-39-33-24-22-19-16-13-10-7-2/h71-74,79H,6-70H2,1-5H3,(H,84,85)(H,86,87)/t72-,73+,74+/m0/s1. The summed E-state index contributed by atoms with van der Waals surface area (Å²) in [6.07, 6.45) is 61.0. The normalized spacial score (nSPS) is 13.9. The van der Waals surface area contributed by atoms with Crippen LogP contribution in [0.4, 0.5) is 0 Å². The third-order valence-corrected chi connectivity index (χ3v) is 20.2. The topological polar surface area (TPSA) is 237 Å². The molecular weight excluding hydrogens is 1270 g/mol. The molecule has 0 aliphatic carbocycles. The lowest BCUT2D eigenvalue weighted by molar-refractivity contribution is -0.161. The van der Waals surface area contributed by atoms with E-state index in [4.69, 9.17) is 37.0 Å². The third-order valence-electron chi connectivity index (χ3n) is 18.3. The molecular formula is C78H152O17P2. The highest BCUT2D eigenvalue weighted by Crippen LogP contribution is 2.45. The highest BCUT2D eigenvalue weighted by molar-refractivity contribution is 7.47. The fourth-order valence-electron chi connectivity index (χ4n) is 12.1. The lowest BCUT2D eigenvalue weighted by Crippen LogP contribution is -2.30. The summed E-state index contributed by atoms with van der Waals surface area (Å²) in [6.45, 7) is 7.32. The summed E-state index contributed by atoms with van der Waals surface area (Å²) in [6, 6.07) is 0. The molecule has 0 saturated carbocycles. The fourth-order valence-corrected chi connectivity index (χ4v) is 13.6. The molecule has 0 aromatic carbocycles. The smallest absolute Gasteiger partial charge is 0.462 e. The summed E-state index contributed by atoms with van der Waals surface area (Å²) in [4.78, 5) is 72.8. The summed E-state index contributed by atoms with van der Waals surface area (Å²) >= 11 is 0. The zero-order valence-corrected chi connectivity index (χ0v) is 65.0. The Morgan fingerprint density at radius 2 is 0.474 bits per heavy atom. The number of aliphatic hydroxyl groups is 1. The van der Waals surface area contributed by atoms with E-state index in [1.54, 1.807) is 0 Å². The van der Waals surface area contributed by atoms with Gasteiger partial charge in [0.1, 0.15) is 19.3 Å². The van der Waals surface area contributed by atoms with Gasteiger partial charge in [0.15, 0.2) is 12.2 Å². The van der Waals surface area contributed by atoms with E-state index in [1.807, 2.05) is 0 Å². The van der Waals surface area contributed by atoms with Gasteiger partial charge < -0.3 is 33.8 Å². The Bertz CT molecular complexity index is 1860. The zero-order chi connectivity index (χ0) is 71.2. The van der Waals surface area contributed by atoms with Gasteiger partial charge in [-0.1, -0.05) is 362 Å². The Balaban J connectivity index is 5.20. The van der Waals surface area contributed by atoms with Crippen LogP contribution in [0, 0.1) is 5.92 Å². The number of unbranched alkanes of at least 4 members (excludes halogenated alkanes) is 50. The lowest BCUT2D eigenvalue weighted by Gasteiger charge is -2.21. The number of phosphoric ester groups is 2. The zero-order valence-electron chi connectivity index (χ0n) is 63.2. The molecule has 0 rings (SSSR count). The van der Waals surface area contributed by atoms with Crippen molar-refractivity contribution in [1.82, 2.24) is 0 Å². The van der Waals surface area contributed by atoms with Crippen LogP contribution in [0.5, 0.6) is 0 Å². The van der Waals surface area contributed by atoms with Crippen molar-refractivity contribution >= 4 is 39.5 Å². The number of carbonyl (C=O) groups is 4. The first-order valence-corrected chi connectivity index (χ1v) is 43.6. The maximum Gasteiger partial charge on any atom is 0.472 e. The van der Waals surface area contributed by atoms with Crippen molar-refractivity contribution in [2.24, 2.45) is 5.92 Å². The van der Waals surface area contributed by atoms with Crippen LogP contribution in [-0.2, 0) is 65.4 Å². The molecule has 0 radical (unpaired) electrons. The average molecular weight is 1420 g/mol. The Morgan fingerprint density at radius 1 is 0.278 bits per heavy atom. The second kappa shape index (κ2) is 71.1. The molecule has 0 aliphatic rings. The molecule has 576 valence electrons. The molecule has 0 aliphatic heterocycles. The Morgan fingerprint density at radius 3 is 0.701 bits per heavy atom. The van der Waals surface area contributed by atoms with E-state index in [2.05, 4.69) is 34.6 Å². The molecule has 2 unspecified atom stereocenters. The maximum atomic E-state index is 13.1. The Hall–Kier alpha value is -1.94. The van der Waals surface area contributed by atoms with Gasteiger partial charge >= 0.3 is 39.5 Å². The summed E-state index contributed by atoms with van der Waals surface area (Å²) in [5, 5.41) is 10.6. The Labute approximate surface area is 594 Å². The SMILES string of the molecule is CCCCCCCCCCCCCCCCCCCC(=O)OC[C@H](COP(=O)(O)OC[C@@H](O)COP(=O)(O)OC[C@@H](COC(=O)CCCCCCCCCC)OC(=O)CCCCCCCCCCCCCCC)OC(=O)CCCCCCCCCCCCCCCCCCC(C)C. The van der Waals surface area contributed by atoms with Gasteiger partial charge in [0.05, 0.1) is 26.4 Å². The molecule has 0 aromatic heterocycles. The molecule has 3 N–H and O–H groups in total. The van der Waals surface area contributed by atoms with Crippen LogP contribution in [0.15, 0.2) is 0 Å². The first-order valence-electron chi connectivity index (χ1n) is 40.6. The number of rotatable bonds is 78. The fraction of sp³-hybridized carbons (Fsp3) is 0.949. The molecule has 0 aromatic rings. The van der Waals surface area contributed by atoms with Crippen molar-refractivity contribution in [1.29, 1.82) is 0 Å². The molecule has 0 spiro atoms. The second-order valence-electron chi connectivity index (χ2n) is 28.6. The van der Waals surface area contributed by atoms with Gasteiger partial charge in [0.25, 0.3) is 0 Å². The molecule has 0 saturated heterocycles. The van der Waals surface area contributed by atoms with Crippen LogP contribution in [0.3, 0.4) is 0 Å². The van der Waals surface area contributed by atoms with Gasteiger partial charge in [-0.2, -0.15) is 0 Å².